The minimum Gasteiger partial charge on any atom is -0.503 e. The quantitative estimate of drug-likeness (QED) is 0.112. The number of pyridine rings is 1. The van der Waals surface area contributed by atoms with E-state index in [1.807, 2.05) is 42.6 Å². The van der Waals surface area contributed by atoms with Gasteiger partial charge in [0.15, 0.2) is 0 Å². The summed E-state index contributed by atoms with van der Waals surface area (Å²) in [5.41, 5.74) is 11.5. The number of nitrogens with zero attached hydrogens (tertiary/aromatic N) is 3. The van der Waals surface area contributed by atoms with E-state index in [1.54, 1.807) is 0 Å². The molecule has 9 rings (SSSR count). The molecule has 0 bridgehead atoms. The minimum absolute atomic E-state index is 0. The van der Waals surface area contributed by atoms with E-state index in [1.165, 1.54) is 5.56 Å². The van der Waals surface area contributed by atoms with Gasteiger partial charge in [0.25, 0.3) is 6.33 Å². The van der Waals surface area contributed by atoms with E-state index in [-0.39, 0.29) is 21.1 Å². The Labute approximate surface area is 330 Å². The van der Waals surface area contributed by atoms with Gasteiger partial charge in [0, 0.05) is 38.8 Å². The Bertz CT molecular complexity index is 2680. The first kappa shape index (κ1) is 35.0. The maximum atomic E-state index is 6.45. The second kappa shape index (κ2) is 15.1. The second-order valence-electron chi connectivity index (χ2n) is 13.4. The Hall–Kier alpha value is -6.09. The van der Waals surface area contributed by atoms with E-state index in [9.17, 15) is 0 Å². The van der Waals surface area contributed by atoms with Gasteiger partial charge in [-0.3, -0.25) is 4.57 Å². The van der Waals surface area contributed by atoms with Crippen LogP contribution in [0.1, 0.15) is 25.3 Å². The fraction of sp³-hybridized carbons (Fsp3) is 0.0612. The number of para-hydroxylation sites is 3. The number of rotatable bonds is 8. The molecule has 264 valence electrons. The van der Waals surface area contributed by atoms with Crippen molar-refractivity contribution >= 4 is 21.8 Å². The third-order valence-corrected chi connectivity index (χ3v) is 9.69. The van der Waals surface area contributed by atoms with Crippen LogP contribution in [0.4, 0.5) is 0 Å². The molecule has 54 heavy (non-hydrogen) atoms. The van der Waals surface area contributed by atoms with Crippen LogP contribution >= 0.6 is 0 Å². The van der Waals surface area contributed by atoms with Crippen LogP contribution in [0.3, 0.4) is 0 Å². The molecule has 0 amide bonds. The Morgan fingerprint density at radius 3 is 2.00 bits per heavy atom. The molecule has 0 atom stereocenters. The predicted molar refractivity (Wildman–Crippen MR) is 214 cm³/mol. The molecule has 0 aliphatic heterocycles. The van der Waals surface area contributed by atoms with Crippen molar-refractivity contribution in [1.29, 1.82) is 0 Å². The number of imidazole rings is 1. The van der Waals surface area contributed by atoms with Crippen LogP contribution in [0.2, 0.25) is 0 Å². The monoisotopic (exact) mass is 876 g/mol. The summed E-state index contributed by atoms with van der Waals surface area (Å²) in [7, 11) is 0. The molecular weight excluding hydrogens is 842 g/mol. The van der Waals surface area contributed by atoms with Crippen LogP contribution in [-0.2, 0) is 21.1 Å². The van der Waals surface area contributed by atoms with Crippen molar-refractivity contribution in [3.8, 4) is 56.4 Å². The molecule has 9 aromatic rings. The third-order valence-electron chi connectivity index (χ3n) is 9.69. The van der Waals surface area contributed by atoms with Crippen LogP contribution in [0, 0.1) is 18.5 Å². The Kier molecular flexibility index (Phi) is 9.78. The van der Waals surface area contributed by atoms with Crippen molar-refractivity contribution in [2.75, 3.05) is 0 Å². The number of hydrogen-bond donors (Lipinski definition) is 0. The normalized spacial score (nSPS) is 11.2. The molecule has 0 radical (unpaired) electrons. The number of aromatic nitrogens is 3. The van der Waals surface area contributed by atoms with Gasteiger partial charge in [-0.15, -0.1) is 35.9 Å². The van der Waals surface area contributed by atoms with Gasteiger partial charge in [-0.1, -0.05) is 141 Å². The molecule has 0 aliphatic rings. The van der Waals surface area contributed by atoms with Gasteiger partial charge in [0.2, 0.25) is 0 Å². The van der Waals surface area contributed by atoms with E-state index in [0.717, 1.165) is 66.7 Å². The SMILES string of the molecule is CC(C)c1ccc2c(-c3[c-]c(Oc4[c-]c(-n5[c-][n+](-c6c(-c7ccccc7)cccc6-c6ccccc6)c6ccccc65)ccc4)ccc3)nccc2c1.[Pt]. The summed E-state index contributed by atoms with van der Waals surface area (Å²) in [6.45, 7) is 4.43. The molecule has 2 aromatic heterocycles. The molecule has 5 heteroatoms. The number of fused-ring (bicyclic) bond motifs is 2. The van der Waals surface area contributed by atoms with Gasteiger partial charge in [-0.2, -0.15) is 12.1 Å². The van der Waals surface area contributed by atoms with Crippen LogP contribution in [0.15, 0.2) is 170 Å². The van der Waals surface area contributed by atoms with E-state index in [2.05, 4.69) is 169 Å². The maximum Gasteiger partial charge on any atom is 0.268 e. The summed E-state index contributed by atoms with van der Waals surface area (Å²) in [6, 6.07) is 63.5. The summed E-state index contributed by atoms with van der Waals surface area (Å²) in [5, 5.41) is 2.25. The van der Waals surface area contributed by atoms with Crippen LogP contribution < -0.4 is 9.30 Å². The zero-order valence-electron chi connectivity index (χ0n) is 29.8. The molecule has 2 heterocycles. The van der Waals surface area contributed by atoms with Gasteiger partial charge >= 0.3 is 0 Å². The fourth-order valence-corrected chi connectivity index (χ4v) is 7.05. The van der Waals surface area contributed by atoms with Crippen molar-refractivity contribution < 1.29 is 30.4 Å². The first-order chi connectivity index (χ1) is 26.1. The smallest absolute Gasteiger partial charge is 0.268 e. The molecule has 0 aliphatic carbocycles. The summed E-state index contributed by atoms with van der Waals surface area (Å²) in [5.74, 6) is 1.63. The van der Waals surface area contributed by atoms with Crippen molar-refractivity contribution in [3.05, 3.63) is 194 Å². The number of hydrogen-bond acceptors (Lipinski definition) is 2. The van der Waals surface area contributed by atoms with Crippen molar-refractivity contribution in [1.82, 2.24) is 9.55 Å². The average molecular weight is 877 g/mol. The molecule has 0 fully saturated rings. The molecule has 0 spiro atoms. The van der Waals surface area contributed by atoms with Crippen LogP contribution in [-0.4, -0.2) is 9.55 Å². The largest absolute Gasteiger partial charge is 0.503 e. The topological polar surface area (TPSA) is 30.9 Å². The Morgan fingerprint density at radius 2 is 1.28 bits per heavy atom. The summed E-state index contributed by atoms with van der Waals surface area (Å²) >= 11 is 0. The minimum atomic E-state index is 0. The van der Waals surface area contributed by atoms with Crippen LogP contribution in [0.5, 0.6) is 11.5 Å². The standard InChI is InChI=1S/C49H35N3O.Pt/c1-34(2)37-26-27-43-38(30-37)28-29-50-48(43)39-18-11-20-41(31-39)53-42-21-12-19-40(32-42)51-33-52(47-25-10-9-24-46(47)51)49-44(35-14-5-3-6-15-35)22-13-23-45(49)36-16-7-4-8-17-36;/h3-30,34H,1-2H3;/q-2;. The van der Waals surface area contributed by atoms with Gasteiger partial charge in [-0.25, -0.2) is 0 Å². The van der Waals surface area contributed by atoms with Crippen molar-refractivity contribution in [3.63, 3.8) is 0 Å². The molecule has 0 N–H and O–H groups in total. The first-order valence-electron chi connectivity index (χ1n) is 17.9. The van der Waals surface area contributed by atoms with Gasteiger partial charge in [-0.05, 0) is 62.0 Å². The van der Waals surface area contributed by atoms with Gasteiger partial charge in [0.1, 0.15) is 0 Å². The van der Waals surface area contributed by atoms with E-state index >= 15 is 0 Å². The molecule has 0 unspecified atom stereocenters. The van der Waals surface area contributed by atoms with Gasteiger partial charge < -0.3 is 14.3 Å². The van der Waals surface area contributed by atoms with E-state index in [0.29, 0.717) is 17.4 Å². The Morgan fingerprint density at radius 1 is 0.630 bits per heavy atom. The predicted octanol–water partition coefficient (Wildman–Crippen LogP) is 11.8. The third kappa shape index (κ3) is 6.66. The first-order valence-corrected chi connectivity index (χ1v) is 17.9. The van der Waals surface area contributed by atoms with E-state index in [4.69, 9.17) is 9.72 Å². The summed E-state index contributed by atoms with van der Waals surface area (Å²) in [4.78, 5) is 4.76. The zero-order valence-corrected chi connectivity index (χ0v) is 32.1. The molecule has 7 aromatic carbocycles. The molecule has 0 saturated carbocycles. The average Bonchev–Trinajstić information content (AvgIpc) is 3.60. The fourth-order valence-electron chi connectivity index (χ4n) is 7.05. The van der Waals surface area contributed by atoms with Gasteiger partial charge in [0.05, 0.1) is 16.7 Å². The molecule has 0 saturated heterocycles. The molecule has 4 nitrogen and oxygen atoms in total. The molecular formula is C49H35N3OPt-2. The van der Waals surface area contributed by atoms with Crippen LogP contribution in [0.25, 0.3) is 66.7 Å². The second-order valence-corrected chi connectivity index (χ2v) is 13.4. The summed E-state index contributed by atoms with van der Waals surface area (Å²) in [6.07, 6.45) is 5.59. The van der Waals surface area contributed by atoms with E-state index < -0.39 is 0 Å². The number of benzene rings is 7. The number of ether oxygens (including phenoxy) is 1. The summed E-state index contributed by atoms with van der Waals surface area (Å²) < 4.78 is 10.7. The zero-order chi connectivity index (χ0) is 35.7. The van der Waals surface area contributed by atoms with Crippen molar-refractivity contribution in [2.45, 2.75) is 19.8 Å². The maximum absolute atomic E-state index is 6.45. The van der Waals surface area contributed by atoms with Crippen molar-refractivity contribution in [2.24, 2.45) is 0 Å². The Balaban J connectivity index is 0.00000413.